The number of nitrogens with one attached hydrogen (secondary N) is 1. The minimum absolute atomic E-state index is 0.199. The van der Waals surface area contributed by atoms with Gasteiger partial charge in [-0.1, -0.05) is 31.5 Å². The van der Waals surface area contributed by atoms with Gasteiger partial charge in [0.2, 0.25) is 0 Å². The second-order valence-electron chi connectivity index (χ2n) is 4.69. The van der Waals surface area contributed by atoms with Gasteiger partial charge in [0.15, 0.2) is 0 Å². The molecule has 1 heterocycles. The van der Waals surface area contributed by atoms with Crippen molar-refractivity contribution in [2.24, 2.45) is 0 Å². The molecule has 0 unspecified atom stereocenters. The first-order valence-corrected chi connectivity index (χ1v) is 6.90. The van der Waals surface area contributed by atoms with Crippen molar-refractivity contribution in [3.8, 4) is 0 Å². The molecule has 19 heavy (non-hydrogen) atoms. The van der Waals surface area contributed by atoms with Gasteiger partial charge >= 0.3 is 5.97 Å². The Balaban J connectivity index is 1.66. The molecule has 0 saturated heterocycles. The molecule has 0 saturated carbocycles. The number of esters is 1. The fraction of sp³-hybridized carbons (Fsp3) is 0.533. The van der Waals surface area contributed by atoms with Crippen molar-refractivity contribution in [1.29, 1.82) is 0 Å². The molecular weight excluding hydrogens is 242 g/mol. The Labute approximate surface area is 114 Å². The monoisotopic (exact) mass is 263 g/mol. The summed E-state index contributed by atoms with van der Waals surface area (Å²) in [6.07, 6.45) is 2.86. The second-order valence-corrected chi connectivity index (χ2v) is 4.69. The number of hydrogen-bond acceptors (Lipinski definition) is 4. The van der Waals surface area contributed by atoms with Crippen LogP contribution in [-0.2, 0) is 20.7 Å². The molecule has 0 spiro atoms. The Morgan fingerprint density at radius 1 is 1.32 bits per heavy atom. The van der Waals surface area contributed by atoms with Gasteiger partial charge in [-0.15, -0.1) is 0 Å². The maximum atomic E-state index is 11.9. The lowest BCUT2D eigenvalue weighted by atomic mass is 10.1. The number of unbranched alkanes of at least 4 members (excludes halogenated alkanes) is 1. The summed E-state index contributed by atoms with van der Waals surface area (Å²) in [5.74, 6) is -0.199. The van der Waals surface area contributed by atoms with E-state index in [-0.39, 0.29) is 12.0 Å². The molecule has 4 nitrogen and oxygen atoms in total. The molecular formula is C15H21NO3. The molecule has 0 fully saturated rings. The van der Waals surface area contributed by atoms with Gasteiger partial charge in [0.05, 0.1) is 6.61 Å². The molecule has 0 amide bonds. The van der Waals surface area contributed by atoms with Gasteiger partial charge < -0.3 is 14.8 Å². The Hall–Kier alpha value is -1.55. The predicted octanol–water partition coefficient (Wildman–Crippen LogP) is 2.38. The van der Waals surface area contributed by atoms with Gasteiger partial charge in [0.25, 0.3) is 0 Å². The van der Waals surface area contributed by atoms with Crippen LogP contribution in [0.2, 0.25) is 0 Å². The Morgan fingerprint density at radius 3 is 2.95 bits per heavy atom. The highest BCUT2D eigenvalue weighted by Gasteiger charge is 2.27. The van der Waals surface area contributed by atoms with Crippen LogP contribution in [0.5, 0.6) is 0 Å². The number of carbonyl (C=O) groups is 1. The number of anilines is 1. The summed E-state index contributed by atoms with van der Waals surface area (Å²) in [7, 11) is 0. The molecule has 1 aromatic carbocycles. The van der Waals surface area contributed by atoms with Gasteiger partial charge in [-0.2, -0.15) is 0 Å². The summed E-state index contributed by atoms with van der Waals surface area (Å²) < 4.78 is 10.6. The number of rotatable bonds is 7. The summed E-state index contributed by atoms with van der Waals surface area (Å²) in [6.45, 7) is 3.66. The van der Waals surface area contributed by atoms with Crippen LogP contribution in [0.3, 0.4) is 0 Å². The van der Waals surface area contributed by atoms with Crippen LogP contribution in [0.1, 0.15) is 25.3 Å². The summed E-state index contributed by atoms with van der Waals surface area (Å²) in [6, 6.07) is 7.70. The number of fused-ring (bicyclic) bond motifs is 1. The molecule has 1 N–H and O–H groups in total. The third kappa shape index (κ3) is 3.96. The zero-order chi connectivity index (χ0) is 13.5. The van der Waals surface area contributed by atoms with Crippen molar-refractivity contribution in [3.63, 3.8) is 0 Å². The lowest BCUT2D eigenvalue weighted by molar-refractivity contribution is -0.146. The largest absolute Gasteiger partial charge is 0.462 e. The molecule has 0 bridgehead atoms. The maximum absolute atomic E-state index is 11.9. The van der Waals surface area contributed by atoms with Crippen molar-refractivity contribution in [2.75, 3.05) is 25.1 Å². The minimum Gasteiger partial charge on any atom is -0.462 e. The van der Waals surface area contributed by atoms with E-state index >= 15 is 0 Å². The molecule has 104 valence electrons. The molecule has 0 aromatic heterocycles. The van der Waals surface area contributed by atoms with Crippen LogP contribution >= 0.6 is 0 Å². The van der Waals surface area contributed by atoms with Crippen LogP contribution in [0.25, 0.3) is 0 Å². The van der Waals surface area contributed by atoms with E-state index in [0.29, 0.717) is 19.6 Å². The Morgan fingerprint density at radius 2 is 2.16 bits per heavy atom. The van der Waals surface area contributed by atoms with Crippen LogP contribution in [0, 0.1) is 0 Å². The summed E-state index contributed by atoms with van der Waals surface area (Å²) in [5.41, 5.74) is 2.20. The summed E-state index contributed by atoms with van der Waals surface area (Å²) in [4.78, 5) is 11.9. The van der Waals surface area contributed by atoms with E-state index in [4.69, 9.17) is 9.47 Å². The van der Waals surface area contributed by atoms with Crippen molar-refractivity contribution < 1.29 is 14.3 Å². The van der Waals surface area contributed by atoms with Crippen molar-refractivity contribution in [1.82, 2.24) is 0 Å². The number of hydrogen-bond donors (Lipinski definition) is 1. The average molecular weight is 263 g/mol. The van der Waals surface area contributed by atoms with Crippen LogP contribution in [0.4, 0.5) is 5.69 Å². The molecule has 0 radical (unpaired) electrons. The summed E-state index contributed by atoms with van der Waals surface area (Å²) >= 11 is 0. The Bertz CT molecular complexity index is 395. The molecule has 1 aliphatic heterocycles. The number of ether oxygens (including phenoxy) is 2. The summed E-state index contributed by atoms with van der Waals surface area (Å²) in [5, 5.41) is 3.18. The lowest BCUT2D eigenvalue weighted by Gasteiger charge is -2.11. The average Bonchev–Trinajstić information content (AvgIpc) is 2.86. The normalized spacial score (nSPS) is 16.8. The molecule has 1 atom stereocenters. The molecule has 2 rings (SSSR count). The topological polar surface area (TPSA) is 47.6 Å². The van der Waals surface area contributed by atoms with Gasteiger partial charge in [0, 0.05) is 18.7 Å². The van der Waals surface area contributed by atoms with Crippen molar-refractivity contribution >= 4 is 11.7 Å². The fourth-order valence-corrected chi connectivity index (χ4v) is 2.09. The smallest absolute Gasteiger partial charge is 0.328 e. The van der Waals surface area contributed by atoms with Gasteiger partial charge in [0.1, 0.15) is 12.6 Å². The number of benzene rings is 1. The lowest BCUT2D eigenvalue weighted by Crippen LogP contribution is -2.30. The zero-order valence-electron chi connectivity index (χ0n) is 11.4. The van der Waals surface area contributed by atoms with Gasteiger partial charge in [-0.25, -0.2) is 4.79 Å². The highest BCUT2D eigenvalue weighted by Crippen LogP contribution is 2.25. The second kappa shape index (κ2) is 7.14. The number of carbonyl (C=O) groups excluding carboxylic acids is 1. The first kappa shape index (κ1) is 13.9. The molecule has 1 aromatic rings. The third-order valence-electron chi connectivity index (χ3n) is 3.17. The number of para-hydroxylation sites is 1. The first-order valence-electron chi connectivity index (χ1n) is 6.90. The molecule has 1 aliphatic rings. The van der Waals surface area contributed by atoms with E-state index in [1.807, 2.05) is 24.3 Å². The van der Waals surface area contributed by atoms with Crippen molar-refractivity contribution in [2.45, 2.75) is 32.2 Å². The maximum Gasteiger partial charge on any atom is 0.328 e. The van der Waals surface area contributed by atoms with E-state index in [0.717, 1.165) is 25.1 Å². The highest BCUT2D eigenvalue weighted by atomic mass is 16.6. The highest BCUT2D eigenvalue weighted by molar-refractivity contribution is 5.82. The van der Waals surface area contributed by atoms with E-state index in [2.05, 4.69) is 12.2 Å². The van der Waals surface area contributed by atoms with Crippen LogP contribution in [0.15, 0.2) is 24.3 Å². The van der Waals surface area contributed by atoms with Gasteiger partial charge in [-0.05, 0) is 18.1 Å². The van der Waals surface area contributed by atoms with Gasteiger partial charge in [-0.3, -0.25) is 0 Å². The molecule has 0 aliphatic carbocycles. The fourth-order valence-electron chi connectivity index (χ4n) is 2.09. The standard InChI is InChI=1S/C15H21NO3/c1-2-3-8-18-9-10-19-15(17)14-11-12-6-4-5-7-13(12)16-14/h4-7,14,16H,2-3,8-11H2,1H3/t14-/m0/s1. The third-order valence-corrected chi connectivity index (χ3v) is 3.17. The van der Waals surface area contributed by atoms with E-state index in [1.165, 1.54) is 5.56 Å². The zero-order valence-corrected chi connectivity index (χ0v) is 11.4. The van der Waals surface area contributed by atoms with E-state index < -0.39 is 0 Å². The van der Waals surface area contributed by atoms with Crippen molar-refractivity contribution in [3.05, 3.63) is 29.8 Å². The van der Waals surface area contributed by atoms with E-state index in [1.54, 1.807) is 0 Å². The van der Waals surface area contributed by atoms with Crippen LogP contribution in [-0.4, -0.2) is 31.8 Å². The first-order chi connectivity index (χ1) is 9.31. The van der Waals surface area contributed by atoms with E-state index in [9.17, 15) is 4.79 Å². The van der Waals surface area contributed by atoms with Crippen LogP contribution < -0.4 is 5.32 Å². The predicted molar refractivity (Wildman–Crippen MR) is 74.2 cm³/mol. The quantitative estimate of drug-likeness (QED) is 0.606. The molecule has 4 heteroatoms. The SMILES string of the molecule is CCCCOCCOC(=O)[C@@H]1Cc2ccccc2N1. The minimum atomic E-state index is -0.256. The Kier molecular flexibility index (Phi) is 5.21.